The molecule has 2 atom stereocenters. The first-order valence-corrected chi connectivity index (χ1v) is 8.36. The van der Waals surface area contributed by atoms with Crippen LogP contribution in [-0.2, 0) is 6.54 Å². The van der Waals surface area contributed by atoms with E-state index in [0.717, 1.165) is 31.7 Å². The van der Waals surface area contributed by atoms with Crippen LogP contribution >= 0.6 is 0 Å². The van der Waals surface area contributed by atoms with E-state index in [1.807, 2.05) is 17.0 Å². The molecular weight excluding hydrogens is 305 g/mol. The zero-order valence-electron chi connectivity index (χ0n) is 13.4. The maximum atomic E-state index is 13.8. The highest BCUT2D eigenvalue weighted by Crippen LogP contribution is 2.32. The predicted octanol–water partition coefficient (Wildman–Crippen LogP) is 2.42. The SMILES string of the molecule is O=C(c1ccncc1)N1C[C@H]2CN(Cc3ccccc3F)C[C@@H]2C1. The highest BCUT2D eigenvalue weighted by Gasteiger charge is 2.41. The molecular formula is C19H20FN3O. The standard InChI is InChI=1S/C19H20FN3O/c20-18-4-2-1-3-15(18)9-22-10-16-12-23(13-17(16)11-22)19(24)14-5-7-21-8-6-14/h1-8,16-17H,9-13H2/t16-,17-/m1/s1. The first-order chi connectivity index (χ1) is 11.7. The minimum Gasteiger partial charge on any atom is -0.338 e. The van der Waals surface area contributed by atoms with Gasteiger partial charge in [-0.25, -0.2) is 4.39 Å². The second kappa shape index (κ2) is 6.32. The van der Waals surface area contributed by atoms with E-state index in [1.54, 1.807) is 30.6 Å². The number of amides is 1. The highest BCUT2D eigenvalue weighted by atomic mass is 19.1. The fourth-order valence-electron chi connectivity index (χ4n) is 3.93. The summed E-state index contributed by atoms with van der Waals surface area (Å²) < 4.78 is 13.8. The number of pyridine rings is 1. The molecule has 24 heavy (non-hydrogen) atoms. The number of nitrogens with zero attached hydrogens (tertiary/aromatic N) is 3. The van der Waals surface area contributed by atoms with Crippen molar-refractivity contribution in [2.24, 2.45) is 11.8 Å². The van der Waals surface area contributed by atoms with Crippen LogP contribution in [-0.4, -0.2) is 46.9 Å². The Morgan fingerprint density at radius 3 is 2.38 bits per heavy atom. The summed E-state index contributed by atoms with van der Waals surface area (Å²) in [7, 11) is 0. The molecule has 0 aliphatic carbocycles. The Hall–Kier alpha value is -2.27. The summed E-state index contributed by atoms with van der Waals surface area (Å²) in [6.45, 7) is 4.09. The van der Waals surface area contributed by atoms with Crippen LogP contribution in [0.5, 0.6) is 0 Å². The molecule has 3 heterocycles. The van der Waals surface area contributed by atoms with Crippen molar-refractivity contribution in [3.8, 4) is 0 Å². The quantitative estimate of drug-likeness (QED) is 0.870. The van der Waals surface area contributed by atoms with Gasteiger partial charge in [0, 0.05) is 56.2 Å². The van der Waals surface area contributed by atoms with E-state index in [0.29, 0.717) is 23.9 Å². The molecule has 5 heteroatoms. The molecule has 124 valence electrons. The summed E-state index contributed by atoms with van der Waals surface area (Å²) in [5.74, 6) is 0.932. The lowest BCUT2D eigenvalue weighted by molar-refractivity contribution is 0.0773. The summed E-state index contributed by atoms with van der Waals surface area (Å²) in [6.07, 6.45) is 3.31. The van der Waals surface area contributed by atoms with Crippen LogP contribution in [0.15, 0.2) is 48.8 Å². The number of aromatic nitrogens is 1. The Balaban J connectivity index is 1.37. The number of fused-ring (bicyclic) bond motifs is 1. The average molecular weight is 325 g/mol. The first-order valence-electron chi connectivity index (χ1n) is 8.36. The molecule has 0 N–H and O–H groups in total. The Bertz CT molecular complexity index is 722. The van der Waals surface area contributed by atoms with E-state index in [9.17, 15) is 9.18 Å². The van der Waals surface area contributed by atoms with Crippen molar-refractivity contribution in [2.75, 3.05) is 26.2 Å². The minimum absolute atomic E-state index is 0.0902. The number of benzene rings is 1. The van der Waals surface area contributed by atoms with Gasteiger partial charge in [0.25, 0.3) is 5.91 Å². The molecule has 0 bridgehead atoms. The van der Waals surface area contributed by atoms with Gasteiger partial charge in [-0.2, -0.15) is 0 Å². The summed E-state index contributed by atoms with van der Waals surface area (Å²) in [4.78, 5) is 20.7. The molecule has 0 saturated carbocycles. The molecule has 2 aliphatic rings. The average Bonchev–Trinajstić information content (AvgIpc) is 3.15. The third-order valence-electron chi connectivity index (χ3n) is 5.13. The van der Waals surface area contributed by atoms with Crippen LogP contribution in [0.1, 0.15) is 15.9 Å². The zero-order valence-corrected chi connectivity index (χ0v) is 13.4. The van der Waals surface area contributed by atoms with Crippen molar-refractivity contribution in [3.05, 3.63) is 65.7 Å². The van der Waals surface area contributed by atoms with Crippen LogP contribution < -0.4 is 0 Å². The fourth-order valence-corrected chi connectivity index (χ4v) is 3.93. The number of hydrogen-bond donors (Lipinski definition) is 0. The Labute approximate surface area is 140 Å². The number of rotatable bonds is 3. The van der Waals surface area contributed by atoms with Crippen molar-refractivity contribution in [2.45, 2.75) is 6.54 Å². The van der Waals surface area contributed by atoms with Gasteiger partial charge in [0.05, 0.1) is 0 Å². The molecule has 0 spiro atoms. The summed E-state index contributed by atoms with van der Waals surface area (Å²) in [5.41, 5.74) is 1.45. The molecule has 0 radical (unpaired) electrons. The third kappa shape index (κ3) is 2.91. The molecule has 1 aromatic heterocycles. The maximum Gasteiger partial charge on any atom is 0.253 e. The van der Waals surface area contributed by atoms with Crippen molar-refractivity contribution in [3.63, 3.8) is 0 Å². The molecule has 2 fully saturated rings. The van der Waals surface area contributed by atoms with Crippen LogP contribution in [0.25, 0.3) is 0 Å². The van der Waals surface area contributed by atoms with Gasteiger partial charge in [-0.3, -0.25) is 14.7 Å². The maximum absolute atomic E-state index is 13.8. The van der Waals surface area contributed by atoms with Gasteiger partial charge in [0.1, 0.15) is 5.82 Å². The number of carbonyl (C=O) groups excluding carboxylic acids is 1. The van der Waals surface area contributed by atoms with Gasteiger partial charge in [0.2, 0.25) is 0 Å². The van der Waals surface area contributed by atoms with Crippen LogP contribution in [0.2, 0.25) is 0 Å². The second-order valence-corrected chi connectivity index (χ2v) is 6.75. The second-order valence-electron chi connectivity index (χ2n) is 6.75. The third-order valence-corrected chi connectivity index (χ3v) is 5.13. The van der Waals surface area contributed by atoms with Gasteiger partial charge < -0.3 is 4.90 Å². The minimum atomic E-state index is -0.135. The van der Waals surface area contributed by atoms with E-state index in [2.05, 4.69) is 9.88 Å². The Morgan fingerprint density at radius 2 is 1.71 bits per heavy atom. The number of hydrogen-bond acceptors (Lipinski definition) is 3. The summed E-state index contributed by atoms with van der Waals surface area (Å²) >= 11 is 0. The monoisotopic (exact) mass is 325 g/mol. The highest BCUT2D eigenvalue weighted by molar-refractivity contribution is 5.94. The largest absolute Gasteiger partial charge is 0.338 e. The van der Waals surface area contributed by atoms with Crippen LogP contribution in [0, 0.1) is 17.7 Å². The van der Waals surface area contributed by atoms with E-state index in [-0.39, 0.29) is 11.7 Å². The van der Waals surface area contributed by atoms with E-state index < -0.39 is 0 Å². The number of likely N-dealkylation sites (tertiary alicyclic amines) is 2. The van der Waals surface area contributed by atoms with Crippen molar-refractivity contribution in [1.82, 2.24) is 14.8 Å². The lowest BCUT2D eigenvalue weighted by Gasteiger charge is -2.22. The molecule has 0 unspecified atom stereocenters. The molecule has 2 aliphatic heterocycles. The van der Waals surface area contributed by atoms with Gasteiger partial charge in [-0.1, -0.05) is 18.2 Å². The molecule has 2 saturated heterocycles. The first kappa shape index (κ1) is 15.3. The Kier molecular flexibility index (Phi) is 4.02. The van der Waals surface area contributed by atoms with Crippen molar-refractivity contribution >= 4 is 5.91 Å². The van der Waals surface area contributed by atoms with Gasteiger partial charge in [-0.05, 0) is 30.0 Å². The van der Waals surface area contributed by atoms with E-state index in [4.69, 9.17) is 0 Å². The smallest absolute Gasteiger partial charge is 0.253 e. The molecule has 1 aromatic carbocycles. The molecule has 4 rings (SSSR count). The Morgan fingerprint density at radius 1 is 1.04 bits per heavy atom. The zero-order chi connectivity index (χ0) is 16.5. The van der Waals surface area contributed by atoms with E-state index in [1.165, 1.54) is 6.07 Å². The normalized spacial score (nSPS) is 23.5. The van der Waals surface area contributed by atoms with Gasteiger partial charge in [-0.15, -0.1) is 0 Å². The van der Waals surface area contributed by atoms with Crippen LogP contribution in [0.3, 0.4) is 0 Å². The molecule has 4 nitrogen and oxygen atoms in total. The summed E-state index contributed by atoms with van der Waals surface area (Å²) in [5, 5.41) is 0. The fraction of sp³-hybridized carbons (Fsp3) is 0.368. The number of halogens is 1. The van der Waals surface area contributed by atoms with Crippen molar-refractivity contribution in [1.29, 1.82) is 0 Å². The summed E-state index contributed by atoms with van der Waals surface area (Å²) in [6, 6.07) is 10.5. The lowest BCUT2D eigenvalue weighted by atomic mass is 10.0. The van der Waals surface area contributed by atoms with Crippen molar-refractivity contribution < 1.29 is 9.18 Å². The number of carbonyl (C=O) groups is 1. The van der Waals surface area contributed by atoms with Gasteiger partial charge >= 0.3 is 0 Å². The molecule has 1 amide bonds. The predicted molar refractivity (Wildman–Crippen MR) is 88.8 cm³/mol. The van der Waals surface area contributed by atoms with Gasteiger partial charge in [0.15, 0.2) is 0 Å². The van der Waals surface area contributed by atoms with Crippen LogP contribution in [0.4, 0.5) is 4.39 Å². The molecule has 2 aromatic rings. The van der Waals surface area contributed by atoms with E-state index >= 15 is 0 Å². The lowest BCUT2D eigenvalue weighted by Crippen LogP contribution is -2.33. The topological polar surface area (TPSA) is 36.4 Å².